The molecule has 0 N–H and O–H groups in total. The summed E-state index contributed by atoms with van der Waals surface area (Å²) in [4.78, 5) is 2.36. The van der Waals surface area contributed by atoms with E-state index in [-0.39, 0.29) is 0 Å². The van der Waals surface area contributed by atoms with Gasteiger partial charge in [0.05, 0.1) is 0 Å². The first kappa shape index (κ1) is 9.79. The van der Waals surface area contributed by atoms with Crippen LogP contribution in [0.1, 0.15) is 32.6 Å². The zero-order valence-electron chi connectivity index (χ0n) is 8.64. The van der Waals surface area contributed by atoms with Crippen LogP contribution in [0.15, 0.2) is 12.2 Å². The van der Waals surface area contributed by atoms with Crippen LogP contribution in [0.25, 0.3) is 0 Å². The molecule has 1 nitrogen and oxygen atoms in total. The summed E-state index contributed by atoms with van der Waals surface area (Å²) < 4.78 is 0. The monoisotopic (exact) mass is 167 g/mol. The minimum Gasteiger partial charge on any atom is -0.306 e. The predicted molar refractivity (Wildman–Crippen MR) is 54.2 cm³/mol. The fourth-order valence-corrected chi connectivity index (χ4v) is 2.09. The summed E-state index contributed by atoms with van der Waals surface area (Å²) in [6, 6.07) is 0.820. The Labute approximate surface area is 76.5 Å². The van der Waals surface area contributed by atoms with Crippen molar-refractivity contribution in [3.63, 3.8) is 0 Å². The Morgan fingerprint density at radius 3 is 2.00 bits per heavy atom. The quantitative estimate of drug-likeness (QED) is 0.572. The lowest BCUT2D eigenvalue weighted by Gasteiger charge is -2.32. The second kappa shape index (κ2) is 4.08. The van der Waals surface area contributed by atoms with Crippen LogP contribution in [-0.2, 0) is 0 Å². The molecule has 0 unspecified atom stereocenters. The van der Waals surface area contributed by atoms with E-state index in [1.807, 2.05) is 0 Å². The molecule has 1 saturated carbocycles. The molecular formula is C11H21N. The summed E-state index contributed by atoms with van der Waals surface area (Å²) in [6.07, 6.45) is 5.39. The molecule has 0 aromatic rings. The summed E-state index contributed by atoms with van der Waals surface area (Å²) in [6.45, 7) is 6.20. The molecule has 0 amide bonds. The van der Waals surface area contributed by atoms with Crippen molar-refractivity contribution >= 4 is 0 Å². The third kappa shape index (κ3) is 2.34. The Morgan fingerprint density at radius 1 is 1.17 bits per heavy atom. The van der Waals surface area contributed by atoms with Gasteiger partial charge in [0.15, 0.2) is 0 Å². The Hall–Kier alpha value is -0.300. The first-order chi connectivity index (χ1) is 5.61. The lowest BCUT2D eigenvalue weighted by molar-refractivity contribution is 0.206. The highest BCUT2D eigenvalue weighted by atomic mass is 15.1. The molecular weight excluding hydrogens is 146 g/mol. The maximum absolute atomic E-state index is 4.04. The molecule has 0 radical (unpaired) electrons. The van der Waals surface area contributed by atoms with Gasteiger partial charge < -0.3 is 4.90 Å². The summed E-state index contributed by atoms with van der Waals surface area (Å²) in [7, 11) is 4.37. The highest BCUT2D eigenvalue weighted by Gasteiger charge is 2.22. The van der Waals surface area contributed by atoms with Gasteiger partial charge in [-0.25, -0.2) is 0 Å². The molecule has 0 aliphatic heterocycles. The molecule has 0 heterocycles. The third-order valence-corrected chi connectivity index (χ3v) is 3.12. The summed E-state index contributed by atoms with van der Waals surface area (Å²) in [5.74, 6) is 0.807. The van der Waals surface area contributed by atoms with Crippen molar-refractivity contribution in [3.8, 4) is 0 Å². The van der Waals surface area contributed by atoms with E-state index in [2.05, 4.69) is 32.5 Å². The maximum Gasteiger partial charge on any atom is 0.00895 e. The largest absolute Gasteiger partial charge is 0.306 e. The van der Waals surface area contributed by atoms with Crippen molar-refractivity contribution in [3.05, 3.63) is 12.2 Å². The number of hydrogen-bond acceptors (Lipinski definition) is 1. The molecule has 0 atom stereocenters. The normalized spacial score (nSPS) is 30.7. The number of rotatable bonds is 2. The van der Waals surface area contributed by atoms with Gasteiger partial charge in [0, 0.05) is 6.04 Å². The average Bonchev–Trinajstić information content (AvgIpc) is 2.04. The second-order valence-corrected chi connectivity index (χ2v) is 4.32. The van der Waals surface area contributed by atoms with Crippen molar-refractivity contribution in [2.45, 2.75) is 38.6 Å². The molecule has 1 rings (SSSR count). The molecule has 0 saturated heterocycles. The Balaban J connectivity index is 2.34. The van der Waals surface area contributed by atoms with Crippen molar-refractivity contribution in [1.82, 2.24) is 4.90 Å². The third-order valence-electron chi connectivity index (χ3n) is 3.12. The maximum atomic E-state index is 4.04. The summed E-state index contributed by atoms with van der Waals surface area (Å²) in [5, 5.41) is 0. The van der Waals surface area contributed by atoms with E-state index in [4.69, 9.17) is 0 Å². The van der Waals surface area contributed by atoms with Gasteiger partial charge in [0.25, 0.3) is 0 Å². The SMILES string of the molecule is C=C(C)C1CCC(N(C)C)CC1. The molecule has 1 fully saturated rings. The lowest BCUT2D eigenvalue weighted by Crippen LogP contribution is -2.32. The summed E-state index contributed by atoms with van der Waals surface area (Å²) >= 11 is 0. The van der Waals surface area contributed by atoms with Gasteiger partial charge >= 0.3 is 0 Å². The van der Waals surface area contributed by atoms with E-state index in [1.165, 1.54) is 31.3 Å². The van der Waals surface area contributed by atoms with E-state index < -0.39 is 0 Å². The van der Waals surface area contributed by atoms with E-state index in [9.17, 15) is 0 Å². The van der Waals surface area contributed by atoms with E-state index in [0.717, 1.165) is 12.0 Å². The highest BCUT2D eigenvalue weighted by Crippen LogP contribution is 2.30. The van der Waals surface area contributed by atoms with Crippen LogP contribution in [0, 0.1) is 5.92 Å². The zero-order valence-corrected chi connectivity index (χ0v) is 8.64. The predicted octanol–water partition coefficient (Wildman–Crippen LogP) is 2.68. The smallest absolute Gasteiger partial charge is 0.00895 e. The summed E-state index contributed by atoms with van der Waals surface area (Å²) in [5.41, 5.74) is 1.38. The highest BCUT2D eigenvalue weighted by molar-refractivity contribution is 4.98. The van der Waals surface area contributed by atoms with Crippen molar-refractivity contribution in [2.24, 2.45) is 5.92 Å². The van der Waals surface area contributed by atoms with Crippen molar-refractivity contribution in [2.75, 3.05) is 14.1 Å². The molecule has 0 aromatic heterocycles. The van der Waals surface area contributed by atoms with Gasteiger partial charge in [-0.05, 0) is 52.6 Å². The van der Waals surface area contributed by atoms with Crippen LogP contribution < -0.4 is 0 Å². The Morgan fingerprint density at radius 2 is 1.67 bits per heavy atom. The van der Waals surface area contributed by atoms with Gasteiger partial charge in [-0.2, -0.15) is 0 Å². The van der Waals surface area contributed by atoms with Crippen LogP contribution in [0.3, 0.4) is 0 Å². The first-order valence-electron chi connectivity index (χ1n) is 4.93. The van der Waals surface area contributed by atoms with Gasteiger partial charge in [-0.1, -0.05) is 12.2 Å². The Bertz CT molecular complexity index is 152. The molecule has 12 heavy (non-hydrogen) atoms. The second-order valence-electron chi connectivity index (χ2n) is 4.32. The van der Waals surface area contributed by atoms with Gasteiger partial charge in [0.2, 0.25) is 0 Å². The van der Waals surface area contributed by atoms with Crippen LogP contribution in [0.4, 0.5) is 0 Å². The van der Waals surface area contributed by atoms with E-state index in [1.54, 1.807) is 0 Å². The average molecular weight is 167 g/mol. The van der Waals surface area contributed by atoms with Crippen LogP contribution in [0.5, 0.6) is 0 Å². The fraction of sp³-hybridized carbons (Fsp3) is 0.818. The number of allylic oxidation sites excluding steroid dienone is 1. The van der Waals surface area contributed by atoms with E-state index in [0.29, 0.717) is 0 Å². The molecule has 1 aliphatic rings. The number of hydrogen-bond donors (Lipinski definition) is 0. The fourth-order valence-electron chi connectivity index (χ4n) is 2.09. The standard InChI is InChI=1S/C11H21N/c1-9(2)10-5-7-11(8-6-10)12(3)4/h10-11H,1,5-8H2,2-4H3. The molecule has 0 spiro atoms. The van der Waals surface area contributed by atoms with Crippen LogP contribution >= 0.6 is 0 Å². The molecule has 0 aromatic carbocycles. The van der Waals surface area contributed by atoms with Gasteiger partial charge in [0.1, 0.15) is 0 Å². The van der Waals surface area contributed by atoms with Crippen molar-refractivity contribution in [1.29, 1.82) is 0 Å². The zero-order chi connectivity index (χ0) is 9.14. The molecule has 70 valence electrons. The van der Waals surface area contributed by atoms with E-state index >= 15 is 0 Å². The van der Waals surface area contributed by atoms with Crippen LogP contribution in [-0.4, -0.2) is 25.0 Å². The first-order valence-corrected chi connectivity index (χ1v) is 4.93. The number of nitrogens with zero attached hydrogens (tertiary/aromatic N) is 1. The Kier molecular flexibility index (Phi) is 3.33. The lowest BCUT2D eigenvalue weighted by atomic mass is 9.82. The van der Waals surface area contributed by atoms with Gasteiger partial charge in [-0.15, -0.1) is 0 Å². The molecule has 1 aliphatic carbocycles. The van der Waals surface area contributed by atoms with Crippen LogP contribution in [0.2, 0.25) is 0 Å². The minimum absolute atomic E-state index is 0.807. The van der Waals surface area contributed by atoms with Gasteiger partial charge in [-0.3, -0.25) is 0 Å². The molecule has 1 heteroatoms. The van der Waals surface area contributed by atoms with Crippen molar-refractivity contribution < 1.29 is 0 Å². The topological polar surface area (TPSA) is 3.24 Å². The minimum atomic E-state index is 0.807. The molecule has 0 bridgehead atoms.